The first kappa shape index (κ1) is 16.6. The Labute approximate surface area is 135 Å². The van der Waals surface area contributed by atoms with Crippen LogP contribution in [0.15, 0.2) is 18.2 Å². The summed E-state index contributed by atoms with van der Waals surface area (Å²) in [7, 11) is 0. The number of amides is 2. The van der Waals surface area contributed by atoms with Crippen LogP contribution in [-0.4, -0.2) is 36.4 Å². The van der Waals surface area contributed by atoms with Crippen molar-refractivity contribution in [3.8, 4) is 5.75 Å². The number of carbonyl (C=O) groups is 2. The van der Waals surface area contributed by atoms with E-state index in [2.05, 4.69) is 0 Å². The molecule has 0 spiro atoms. The lowest BCUT2D eigenvalue weighted by Gasteiger charge is -2.16. The molecule has 2 rings (SSSR count). The van der Waals surface area contributed by atoms with Crippen LogP contribution in [0.2, 0.25) is 5.02 Å². The number of carbonyl (C=O) groups excluding carboxylic acids is 2. The quantitative estimate of drug-likeness (QED) is 0.815. The van der Waals surface area contributed by atoms with E-state index in [0.717, 1.165) is 11.3 Å². The lowest BCUT2D eigenvalue weighted by atomic mass is 10.1. The third kappa shape index (κ3) is 4.37. The summed E-state index contributed by atoms with van der Waals surface area (Å²) in [4.78, 5) is 24.8. The highest BCUT2D eigenvalue weighted by Crippen LogP contribution is 2.21. The second-order valence-corrected chi connectivity index (χ2v) is 6.00. The van der Waals surface area contributed by atoms with Crippen LogP contribution >= 0.6 is 11.6 Å². The maximum absolute atomic E-state index is 12.0. The van der Waals surface area contributed by atoms with Gasteiger partial charge in [-0.15, -0.1) is 0 Å². The lowest BCUT2D eigenvalue weighted by Crippen LogP contribution is -2.31. The van der Waals surface area contributed by atoms with Crippen molar-refractivity contribution in [3.05, 3.63) is 28.8 Å². The van der Waals surface area contributed by atoms with Crippen LogP contribution in [0.1, 0.15) is 24.8 Å². The largest absolute Gasteiger partial charge is 0.494 e. The van der Waals surface area contributed by atoms with Crippen LogP contribution in [0, 0.1) is 12.8 Å². The predicted octanol–water partition coefficient (Wildman–Crippen LogP) is 2.14. The van der Waals surface area contributed by atoms with Crippen LogP contribution in [0.3, 0.4) is 0 Å². The number of likely N-dealkylation sites (tertiary alicyclic amines) is 1. The number of primary amides is 1. The predicted molar refractivity (Wildman–Crippen MR) is 84.8 cm³/mol. The van der Waals surface area contributed by atoms with Crippen LogP contribution in [0.4, 0.5) is 0 Å². The molecule has 0 aromatic heterocycles. The van der Waals surface area contributed by atoms with E-state index in [9.17, 15) is 9.59 Å². The second kappa shape index (κ2) is 7.49. The second-order valence-electron chi connectivity index (χ2n) is 5.59. The third-order valence-electron chi connectivity index (χ3n) is 3.88. The zero-order valence-corrected chi connectivity index (χ0v) is 13.4. The Hall–Kier alpha value is -1.75. The minimum atomic E-state index is -0.322. The molecule has 1 heterocycles. The van der Waals surface area contributed by atoms with Gasteiger partial charge in [-0.25, -0.2) is 0 Å². The van der Waals surface area contributed by atoms with Crippen molar-refractivity contribution in [2.45, 2.75) is 26.2 Å². The summed E-state index contributed by atoms with van der Waals surface area (Å²) in [5.74, 6) is 0.290. The molecule has 1 aromatic rings. The van der Waals surface area contributed by atoms with E-state index in [1.807, 2.05) is 19.1 Å². The van der Waals surface area contributed by atoms with E-state index in [4.69, 9.17) is 22.1 Å². The van der Waals surface area contributed by atoms with Crippen LogP contribution < -0.4 is 10.5 Å². The molecular weight excluding hydrogens is 304 g/mol. The summed E-state index contributed by atoms with van der Waals surface area (Å²) in [6, 6.07) is 5.49. The highest BCUT2D eigenvalue weighted by molar-refractivity contribution is 6.31. The molecule has 1 aliphatic rings. The zero-order valence-electron chi connectivity index (χ0n) is 12.7. The lowest BCUT2D eigenvalue weighted by molar-refractivity contribution is -0.130. The monoisotopic (exact) mass is 324 g/mol. The van der Waals surface area contributed by atoms with Gasteiger partial charge in [0.25, 0.3) is 0 Å². The van der Waals surface area contributed by atoms with E-state index in [-0.39, 0.29) is 17.7 Å². The van der Waals surface area contributed by atoms with Crippen molar-refractivity contribution in [1.82, 2.24) is 4.90 Å². The normalized spacial score (nSPS) is 17.5. The van der Waals surface area contributed by atoms with Gasteiger partial charge in [-0.3, -0.25) is 9.59 Å². The van der Waals surface area contributed by atoms with Crippen molar-refractivity contribution in [2.75, 3.05) is 19.7 Å². The van der Waals surface area contributed by atoms with E-state index in [1.165, 1.54) is 0 Å². The van der Waals surface area contributed by atoms with Gasteiger partial charge in [0.15, 0.2) is 0 Å². The number of nitrogens with zero attached hydrogens (tertiary/aromatic N) is 1. The minimum absolute atomic E-state index is 0.0552. The van der Waals surface area contributed by atoms with E-state index in [0.29, 0.717) is 44.0 Å². The van der Waals surface area contributed by atoms with Gasteiger partial charge in [-0.1, -0.05) is 11.6 Å². The molecule has 0 radical (unpaired) electrons. The third-order valence-corrected chi connectivity index (χ3v) is 4.30. The molecule has 5 nitrogen and oxygen atoms in total. The van der Waals surface area contributed by atoms with Crippen molar-refractivity contribution in [1.29, 1.82) is 0 Å². The topological polar surface area (TPSA) is 72.6 Å². The molecule has 22 heavy (non-hydrogen) atoms. The molecule has 2 N–H and O–H groups in total. The smallest absolute Gasteiger partial charge is 0.222 e. The standard InChI is InChI=1S/C16H21ClN2O3/c1-11-9-13(4-5-14(11)17)22-8-2-3-15(20)19-7-6-12(10-19)16(18)21/h4-5,9,12H,2-3,6-8,10H2,1H3,(H2,18,21)/t12-/m0/s1. The van der Waals surface area contributed by atoms with Crippen molar-refractivity contribution in [2.24, 2.45) is 11.7 Å². The summed E-state index contributed by atoms with van der Waals surface area (Å²) in [5, 5.41) is 0.709. The number of rotatable bonds is 6. The molecule has 6 heteroatoms. The van der Waals surface area contributed by atoms with Gasteiger partial charge in [0, 0.05) is 24.5 Å². The van der Waals surface area contributed by atoms with E-state index < -0.39 is 0 Å². The number of hydrogen-bond donors (Lipinski definition) is 1. The number of aryl methyl sites for hydroxylation is 1. The molecule has 0 saturated carbocycles. The molecule has 2 amide bonds. The van der Waals surface area contributed by atoms with Crippen LogP contribution in [0.5, 0.6) is 5.75 Å². The van der Waals surface area contributed by atoms with Crippen molar-refractivity contribution < 1.29 is 14.3 Å². The fraction of sp³-hybridized carbons (Fsp3) is 0.500. The van der Waals surface area contributed by atoms with E-state index >= 15 is 0 Å². The Morgan fingerprint density at radius 1 is 1.45 bits per heavy atom. The van der Waals surface area contributed by atoms with E-state index in [1.54, 1.807) is 11.0 Å². The maximum Gasteiger partial charge on any atom is 0.222 e. The maximum atomic E-state index is 12.0. The SMILES string of the molecule is Cc1cc(OCCCC(=O)N2CC[C@H](C(N)=O)C2)ccc1Cl. The molecule has 1 fully saturated rings. The summed E-state index contributed by atoms with van der Waals surface area (Å²) in [6.45, 7) is 3.45. The van der Waals surface area contributed by atoms with Gasteiger partial charge in [0.1, 0.15) is 5.75 Å². The highest BCUT2D eigenvalue weighted by Gasteiger charge is 2.29. The van der Waals surface area contributed by atoms with Crippen molar-refractivity contribution >= 4 is 23.4 Å². The summed E-state index contributed by atoms with van der Waals surface area (Å²) >= 11 is 5.95. The number of nitrogens with two attached hydrogens (primary N) is 1. The Balaban J connectivity index is 1.69. The Bertz CT molecular complexity index is 562. The highest BCUT2D eigenvalue weighted by atomic mass is 35.5. The van der Waals surface area contributed by atoms with Crippen LogP contribution in [0.25, 0.3) is 0 Å². The summed E-state index contributed by atoms with van der Waals surface area (Å²) in [6.07, 6.45) is 1.72. The molecular formula is C16H21ClN2O3. The Kier molecular flexibility index (Phi) is 5.66. The number of halogens is 1. The van der Waals surface area contributed by atoms with Gasteiger partial charge in [-0.2, -0.15) is 0 Å². The minimum Gasteiger partial charge on any atom is -0.494 e. The summed E-state index contributed by atoms with van der Waals surface area (Å²) < 4.78 is 5.61. The Morgan fingerprint density at radius 3 is 2.86 bits per heavy atom. The molecule has 1 aliphatic heterocycles. The van der Waals surface area contributed by atoms with Gasteiger partial charge in [0.2, 0.25) is 11.8 Å². The average Bonchev–Trinajstić information content (AvgIpc) is 2.97. The van der Waals surface area contributed by atoms with Gasteiger partial charge >= 0.3 is 0 Å². The van der Waals surface area contributed by atoms with Crippen LogP contribution in [-0.2, 0) is 9.59 Å². The van der Waals surface area contributed by atoms with Gasteiger partial charge in [0.05, 0.1) is 12.5 Å². The first-order chi connectivity index (χ1) is 10.5. The first-order valence-electron chi connectivity index (χ1n) is 7.43. The molecule has 0 unspecified atom stereocenters. The average molecular weight is 325 g/mol. The molecule has 0 bridgehead atoms. The number of hydrogen-bond acceptors (Lipinski definition) is 3. The summed E-state index contributed by atoms with van der Waals surface area (Å²) in [5.41, 5.74) is 6.23. The molecule has 1 atom stereocenters. The van der Waals surface area contributed by atoms with Gasteiger partial charge < -0.3 is 15.4 Å². The fourth-order valence-corrected chi connectivity index (χ4v) is 2.62. The number of ether oxygens (including phenoxy) is 1. The zero-order chi connectivity index (χ0) is 16.1. The molecule has 1 aromatic carbocycles. The van der Waals surface area contributed by atoms with Gasteiger partial charge in [-0.05, 0) is 43.5 Å². The fourth-order valence-electron chi connectivity index (χ4n) is 2.50. The molecule has 0 aliphatic carbocycles. The first-order valence-corrected chi connectivity index (χ1v) is 7.81. The molecule has 120 valence electrons. The Morgan fingerprint density at radius 2 is 2.23 bits per heavy atom. The number of benzene rings is 1. The van der Waals surface area contributed by atoms with Crippen molar-refractivity contribution in [3.63, 3.8) is 0 Å². The molecule has 1 saturated heterocycles.